The Morgan fingerprint density at radius 3 is 2.82 bits per heavy atom. The Labute approximate surface area is 133 Å². The second-order valence-corrected chi connectivity index (χ2v) is 5.06. The lowest BCUT2D eigenvalue weighted by molar-refractivity contribution is 0.986. The molecule has 2 aromatic heterocycles. The van der Waals surface area contributed by atoms with Crippen LogP contribution in [0.3, 0.4) is 0 Å². The predicted molar refractivity (Wildman–Crippen MR) is 90.8 cm³/mol. The molecule has 2 heterocycles. The van der Waals surface area contributed by atoms with E-state index in [-0.39, 0.29) is 0 Å². The summed E-state index contributed by atoms with van der Waals surface area (Å²) in [5.74, 6) is 0. The van der Waals surface area contributed by atoms with E-state index in [2.05, 4.69) is 27.1 Å². The third-order valence-corrected chi connectivity index (χ3v) is 3.35. The molecule has 1 aromatic carbocycles. The quantitative estimate of drug-likeness (QED) is 0.588. The van der Waals surface area contributed by atoms with E-state index in [9.17, 15) is 0 Å². The van der Waals surface area contributed by atoms with Crippen LogP contribution in [0.25, 0.3) is 16.5 Å². The summed E-state index contributed by atoms with van der Waals surface area (Å²) >= 11 is 5.81. The van der Waals surface area contributed by atoms with Crippen LogP contribution in [0.4, 0.5) is 0 Å². The van der Waals surface area contributed by atoms with E-state index in [4.69, 9.17) is 11.6 Å². The van der Waals surface area contributed by atoms with Crippen molar-refractivity contribution in [2.75, 3.05) is 0 Å². The van der Waals surface area contributed by atoms with Crippen molar-refractivity contribution >= 4 is 34.3 Å². The van der Waals surface area contributed by atoms with Crippen molar-refractivity contribution in [3.8, 4) is 0 Å². The second-order valence-electron chi connectivity index (χ2n) is 4.63. The average Bonchev–Trinajstić information content (AvgIpc) is 2.55. The van der Waals surface area contributed by atoms with Crippen molar-refractivity contribution < 1.29 is 0 Å². The number of pyridine rings is 2. The third kappa shape index (κ3) is 3.13. The Kier molecular flexibility index (Phi) is 4.12. The van der Waals surface area contributed by atoms with Crippen LogP contribution >= 0.6 is 11.6 Å². The lowest BCUT2D eigenvalue weighted by Gasteiger charge is -2.04. The maximum absolute atomic E-state index is 5.81. The van der Waals surface area contributed by atoms with E-state index in [1.807, 2.05) is 30.3 Å². The molecule has 0 amide bonds. The first kappa shape index (κ1) is 14.2. The van der Waals surface area contributed by atoms with Crippen molar-refractivity contribution in [3.63, 3.8) is 0 Å². The minimum absolute atomic E-state index is 0.583. The fourth-order valence-corrected chi connectivity index (χ4v) is 2.14. The number of rotatable bonds is 4. The number of hydrogen-bond donors (Lipinski definition) is 1. The lowest BCUT2D eigenvalue weighted by atomic mass is 10.1. The molecule has 1 N–H and O–H groups in total. The van der Waals surface area contributed by atoms with E-state index in [0.717, 1.165) is 16.5 Å². The summed E-state index contributed by atoms with van der Waals surface area (Å²) in [4.78, 5) is 8.51. The van der Waals surface area contributed by atoms with E-state index < -0.39 is 0 Å². The molecule has 0 fully saturated rings. The molecule has 0 saturated carbocycles. The number of aromatic nitrogens is 2. The molecule has 0 atom stereocenters. The van der Waals surface area contributed by atoms with Gasteiger partial charge in [0.1, 0.15) is 0 Å². The van der Waals surface area contributed by atoms with E-state index in [1.54, 1.807) is 30.7 Å². The van der Waals surface area contributed by atoms with Crippen LogP contribution in [-0.4, -0.2) is 16.2 Å². The van der Waals surface area contributed by atoms with Crippen LogP contribution in [0.15, 0.2) is 66.5 Å². The zero-order valence-electron chi connectivity index (χ0n) is 11.7. The van der Waals surface area contributed by atoms with E-state index in [1.165, 1.54) is 0 Å². The molecule has 0 saturated heterocycles. The number of nitrogens with zero attached hydrogens (tertiary/aromatic N) is 3. The van der Waals surface area contributed by atoms with Gasteiger partial charge >= 0.3 is 0 Å². The van der Waals surface area contributed by atoms with Gasteiger partial charge in [-0.25, -0.2) is 0 Å². The standard InChI is InChI=1S/C17H13ClN4/c1-12(16-7-6-14(18)10-20-16)22-21-11-17-15-5-3-2-4-13(15)8-9-19-17/h2-11,22H,1H2/b21-11+. The molecule has 0 aliphatic carbocycles. The normalized spacial score (nSPS) is 11.0. The molecule has 4 nitrogen and oxygen atoms in total. The highest BCUT2D eigenvalue weighted by Gasteiger charge is 2.00. The van der Waals surface area contributed by atoms with Gasteiger partial charge in [-0.15, -0.1) is 0 Å². The first-order valence-electron chi connectivity index (χ1n) is 6.68. The van der Waals surface area contributed by atoms with Gasteiger partial charge in [-0.05, 0) is 23.6 Å². The molecule has 0 unspecified atom stereocenters. The van der Waals surface area contributed by atoms with Crippen molar-refractivity contribution in [1.82, 2.24) is 15.4 Å². The van der Waals surface area contributed by atoms with Crippen LogP contribution in [0.2, 0.25) is 5.02 Å². The summed E-state index contributed by atoms with van der Waals surface area (Å²) in [6.07, 6.45) is 5.00. The molecule has 0 aliphatic rings. The molecule has 0 bridgehead atoms. The first-order chi connectivity index (χ1) is 10.7. The lowest BCUT2D eigenvalue weighted by Crippen LogP contribution is -2.05. The van der Waals surface area contributed by atoms with Gasteiger partial charge < -0.3 is 0 Å². The SMILES string of the molecule is C=C(N/N=C/c1nccc2ccccc12)c1ccc(Cl)cn1. The zero-order chi connectivity index (χ0) is 15.4. The molecule has 5 heteroatoms. The number of halogens is 1. The first-order valence-corrected chi connectivity index (χ1v) is 7.05. The van der Waals surface area contributed by atoms with Gasteiger partial charge in [-0.1, -0.05) is 42.4 Å². The smallest absolute Gasteiger partial charge is 0.0908 e. The van der Waals surface area contributed by atoms with Gasteiger partial charge in [0, 0.05) is 17.8 Å². The summed E-state index contributed by atoms with van der Waals surface area (Å²) in [6.45, 7) is 3.90. The Balaban J connectivity index is 1.76. The maximum atomic E-state index is 5.81. The number of fused-ring (bicyclic) bond motifs is 1. The fourth-order valence-electron chi connectivity index (χ4n) is 2.03. The summed E-state index contributed by atoms with van der Waals surface area (Å²) in [6, 6.07) is 13.5. The Hall–Kier alpha value is -2.72. The van der Waals surface area contributed by atoms with Crippen LogP contribution in [0.1, 0.15) is 11.4 Å². The largest absolute Gasteiger partial charge is 0.277 e. The van der Waals surface area contributed by atoms with Gasteiger partial charge in [0.15, 0.2) is 0 Å². The number of hydrazone groups is 1. The zero-order valence-corrected chi connectivity index (χ0v) is 12.5. The highest BCUT2D eigenvalue weighted by molar-refractivity contribution is 6.30. The topological polar surface area (TPSA) is 50.2 Å². The van der Waals surface area contributed by atoms with Gasteiger partial charge in [0.05, 0.1) is 28.3 Å². The van der Waals surface area contributed by atoms with E-state index >= 15 is 0 Å². The monoisotopic (exact) mass is 308 g/mol. The predicted octanol–water partition coefficient (Wildman–Crippen LogP) is 3.88. The molecule has 0 spiro atoms. The van der Waals surface area contributed by atoms with Gasteiger partial charge in [0.2, 0.25) is 0 Å². The fraction of sp³-hybridized carbons (Fsp3) is 0. The molecule has 3 aromatic rings. The Bertz CT molecular complexity index is 835. The molecule has 0 radical (unpaired) electrons. The summed E-state index contributed by atoms with van der Waals surface area (Å²) in [7, 11) is 0. The summed E-state index contributed by atoms with van der Waals surface area (Å²) in [5.41, 5.74) is 4.93. The molecular formula is C17H13ClN4. The van der Waals surface area contributed by atoms with Crippen molar-refractivity contribution in [2.24, 2.45) is 5.10 Å². The number of benzene rings is 1. The minimum atomic E-state index is 0.583. The summed E-state index contributed by atoms with van der Waals surface area (Å²) in [5, 5.41) is 6.93. The minimum Gasteiger partial charge on any atom is -0.277 e. The van der Waals surface area contributed by atoms with Crippen LogP contribution in [-0.2, 0) is 0 Å². The van der Waals surface area contributed by atoms with Crippen molar-refractivity contribution in [1.29, 1.82) is 0 Å². The Morgan fingerprint density at radius 1 is 1.14 bits per heavy atom. The second kappa shape index (κ2) is 6.37. The van der Waals surface area contributed by atoms with Crippen LogP contribution < -0.4 is 5.43 Å². The van der Waals surface area contributed by atoms with E-state index in [0.29, 0.717) is 16.4 Å². The Morgan fingerprint density at radius 2 is 2.00 bits per heavy atom. The van der Waals surface area contributed by atoms with Crippen molar-refractivity contribution in [3.05, 3.63) is 77.8 Å². The van der Waals surface area contributed by atoms with Gasteiger partial charge in [-0.2, -0.15) is 5.10 Å². The maximum Gasteiger partial charge on any atom is 0.0908 e. The number of hydrogen-bond acceptors (Lipinski definition) is 4. The molecule has 108 valence electrons. The molecule has 3 rings (SSSR count). The molecule has 0 aliphatic heterocycles. The average molecular weight is 309 g/mol. The van der Waals surface area contributed by atoms with Gasteiger partial charge in [0.25, 0.3) is 0 Å². The third-order valence-electron chi connectivity index (χ3n) is 3.13. The van der Waals surface area contributed by atoms with Crippen molar-refractivity contribution in [2.45, 2.75) is 0 Å². The molecular weight excluding hydrogens is 296 g/mol. The van der Waals surface area contributed by atoms with Crippen LogP contribution in [0, 0.1) is 0 Å². The number of nitrogens with one attached hydrogen (secondary N) is 1. The summed E-state index contributed by atoms with van der Waals surface area (Å²) < 4.78 is 0. The van der Waals surface area contributed by atoms with Crippen LogP contribution in [0.5, 0.6) is 0 Å². The highest BCUT2D eigenvalue weighted by atomic mass is 35.5. The molecule has 22 heavy (non-hydrogen) atoms. The highest BCUT2D eigenvalue weighted by Crippen LogP contribution is 2.15. The van der Waals surface area contributed by atoms with Gasteiger partial charge in [-0.3, -0.25) is 15.4 Å².